The SMILES string of the molecule is COc1cncc(-c2ccc3ncccc3c2)c1. The summed E-state index contributed by atoms with van der Waals surface area (Å²) in [6.07, 6.45) is 5.33. The van der Waals surface area contributed by atoms with Gasteiger partial charge in [-0.3, -0.25) is 9.97 Å². The molecule has 0 aliphatic rings. The topological polar surface area (TPSA) is 35.0 Å². The van der Waals surface area contributed by atoms with Gasteiger partial charge < -0.3 is 4.74 Å². The first-order chi connectivity index (χ1) is 8.86. The number of benzene rings is 1. The van der Waals surface area contributed by atoms with Gasteiger partial charge >= 0.3 is 0 Å². The Morgan fingerprint density at radius 2 is 1.94 bits per heavy atom. The third kappa shape index (κ3) is 1.91. The second-order valence-corrected chi connectivity index (χ2v) is 4.02. The van der Waals surface area contributed by atoms with Gasteiger partial charge in [0.1, 0.15) is 5.75 Å². The van der Waals surface area contributed by atoms with Crippen LogP contribution < -0.4 is 4.74 Å². The van der Waals surface area contributed by atoms with E-state index in [1.807, 2.05) is 30.5 Å². The van der Waals surface area contributed by atoms with Crippen molar-refractivity contribution in [2.45, 2.75) is 0 Å². The lowest BCUT2D eigenvalue weighted by atomic mass is 10.1. The van der Waals surface area contributed by atoms with E-state index in [4.69, 9.17) is 4.74 Å². The molecule has 0 spiro atoms. The number of pyridine rings is 2. The van der Waals surface area contributed by atoms with Gasteiger partial charge in [-0.15, -0.1) is 0 Å². The van der Waals surface area contributed by atoms with E-state index in [0.717, 1.165) is 27.8 Å². The van der Waals surface area contributed by atoms with Crippen LogP contribution >= 0.6 is 0 Å². The molecule has 3 nitrogen and oxygen atoms in total. The molecule has 0 saturated carbocycles. The van der Waals surface area contributed by atoms with Gasteiger partial charge in [0.05, 0.1) is 18.8 Å². The van der Waals surface area contributed by atoms with Crippen LogP contribution in [0.5, 0.6) is 5.75 Å². The maximum absolute atomic E-state index is 5.19. The number of rotatable bonds is 2. The van der Waals surface area contributed by atoms with Gasteiger partial charge in [-0.1, -0.05) is 12.1 Å². The zero-order valence-corrected chi connectivity index (χ0v) is 10.00. The van der Waals surface area contributed by atoms with Gasteiger partial charge in [0.25, 0.3) is 0 Å². The molecule has 0 atom stereocenters. The Bertz CT molecular complexity index is 695. The van der Waals surface area contributed by atoms with E-state index in [9.17, 15) is 0 Å². The number of aromatic nitrogens is 2. The third-order valence-electron chi connectivity index (χ3n) is 2.89. The molecule has 0 bridgehead atoms. The Kier molecular flexibility index (Phi) is 2.65. The summed E-state index contributed by atoms with van der Waals surface area (Å²) < 4.78 is 5.19. The zero-order chi connectivity index (χ0) is 12.4. The molecule has 0 aliphatic heterocycles. The minimum absolute atomic E-state index is 0.763. The molecule has 3 heteroatoms. The van der Waals surface area contributed by atoms with Crippen molar-refractivity contribution in [2.75, 3.05) is 7.11 Å². The van der Waals surface area contributed by atoms with Crippen molar-refractivity contribution in [3.8, 4) is 16.9 Å². The van der Waals surface area contributed by atoms with Gasteiger partial charge in [-0.05, 0) is 29.8 Å². The molecule has 88 valence electrons. The number of hydrogen-bond donors (Lipinski definition) is 0. The molecule has 2 heterocycles. The summed E-state index contributed by atoms with van der Waals surface area (Å²) in [6.45, 7) is 0. The average Bonchev–Trinajstić information content (AvgIpc) is 2.47. The van der Waals surface area contributed by atoms with Gasteiger partial charge in [-0.2, -0.15) is 0 Å². The van der Waals surface area contributed by atoms with E-state index in [-0.39, 0.29) is 0 Å². The molecular formula is C15H12N2O. The highest BCUT2D eigenvalue weighted by Crippen LogP contribution is 2.25. The summed E-state index contributed by atoms with van der Waals surface area (Å²) in [7, 11) is 1.64. The van der Waals surface area contributed by atoms with Crippen molar-refractivity contribution in [3.05, 3.63) is 55.0 Å². The standard InChI is InChI=1S/C15H12N2O/c1-18-14-8-13(9-16-10-14)11-4-5-15-12(7-11)3-2-6-17-15/h2-10H,1H3. The van der Waals surface area contributed by atoms with Crippen LogP contribution in [0.4, 0.5) is 0 Å². The first kappa shape index (κ1) is 10.7. The van der Waals surface area contributed by atoms with E-state index < -0.39 is 0 Å². The summed E-state index contributed by atoms with van der Waals surface area (Å²) in [5, 5.41) is 1.12. The highest BCUT2D eigenvalue weighted by Gasteiger charge is 2.02. The van der Waals surface area contributed by atoms with Crippen LogP contribution in [-0.4, -0.2) is 17.1 Å². The van der Waals surface area contributed by atoms with Crippen molar-refractivity contribution in [1.29, 1.82) is 0 Å². The second-order valence-electron chi connectivity index (χ2n) is 4.02. The molecule has 0 amide bonds. The maximum atomic E-state index is 5.19. The Hall–Kier alpha value is -2.42. The normalized spacial score (nSPS) is 10.5. The number of fused-ring (bicyclic) bond motifs is 1. The number of hydrogen-bond acceptors (Lipinski definition) is 3. The molecule has 0 N–H and O–H groups in total. The molecule has 0 unspecified atom stereocenters. The molecular weight excluding hydrogens is 224 g/mol. The molecule has 18 heavy (non-hydrogen) atoms. The minimum atomic E-state index is 0.763. The summed E-state index contributed by atoms with van der Waals surface area (Å²) >= 11 is 0. The first-order valence-corrected chi connectivity index (χ1v) is 5.71. The van der Waals surface area contributed by atoms with Gasteiger partial charge in [0, 0.05) is 23.3 Å². The van der Waals surface area contributed by atoms with Crippen molar-refractivity contribution < 1.29 is 4.74 Å². The van der Waals surface area contributed by atoms with Gasteiger partial charge in [0.2, 0.25) is 0 Å². The zero-order valence-electron chi connectivity index (χ0n) is 10.00. The van der Waals surface area contributed by atoms with E-state index >= 15 is 0 Å². The minimum Gasteiger partial charge on any atom is -0.495 e. The largest absolute Gasteiger partial charge is 0.495 e. The van der Waals surface area contributed by atoms with Crippen LogP contribution in [0, 0.1) is 0 Å². The van der Waals surface area contributed by atoms with E-state index in [0.29, 0.717) is 0 Å². The lowest BCUT2D eigenvalue weighted by Gasteiger charge is -2.05. The van der Waals surface area contributed by atoms with Crippen molar-refractivity contribution in [2.24, 2.45) is 0 Å². The Labute approximate surface area is 105 Å². The fourth-order valence-electron chi connectivity index (χ4n) is 1.94. The molecule has 1 aromatic carbocycles. The van der Waals surface area contributed by atoms with Crippen LogP contribution in [0.3, 0.4) is 0 Å². The summed E-state index contributed by atoms with van der Waals surface area (Å²) in [6, 6.07) is 12.1. The van der Waals surface area contributed by atoms with Crippen LogP contribution in [0.15, 0.2) is 55.0 Å². The maximum Gasteiger partial charge on any atom is 0.137 e. The van der Waals surface area contributed by atoms with Crippen LogP contribution in [0.2, 0.25) is 0 Å². The summed E-state index contributed by atoms with van der Waals surface area (Å²) in [5.41, 5.74) is 3.15. The van der Waals surface area contributed by atoms with Crippen LogP contribution in [0.1, 0.15) is 0 Å². The predicted octanol–water partition coefficient (Wildman–Crippen LogP) is 3.31. The second kappa shape index (κ2) is 4.45. The summed E-state index contributed by atoms with van der Waals surface area (Å²) in [4.78, 5) is 8.48. The van der Waals surface area contributed by atoms with Crippen LogP contribution in [0.25, 0.3) is 22.0 Å². The van der Waals surface area contributed by atoms with Crippen molar-refractivity contribution in [3.63, 3.8) is 0 Å². The van der Waals surface area contributed by atoms with E-state index in [2.05, 4.69) is 22.1 Å². The predicted molar refractivity (Wildman–Crippen MR) is 71.5 cm³/mol. The lowest BCUT2D eigenvalue weighted by molar-refractivity contribution is 0.413. The molecule has 0 aliphatic carbocycles. The number of nitrogens with zero attached hydrogens (tertiary/aromatic N) is 2. The molecule has 2 aromatic heterocycles. The van der Waals surface area contributed by atoms with Gasteiger partial charge in [0.15, 0.2) is 0 Å². The average molecular weight is 236 g/mol. The van der Waals surface area contributed by atoms with Crippen molar-refractivity contribution in [1.82, 2.24) is 9.97 Å². The Morgan fingerprint density at radius 1 is 1.00 bits per heavy atom. The highest BCUT2D eigenvalue weighted by molar-refractivity contribution is 5.84. The molecule has 0 radical (unpaired) electrons. The number of methoxy groups -OCH3 is 1. The lowest BCUT2D eigenvalue weighted by Crippen LogP contribution is -1.86. The quantitative estimate of drug-likeness (QED) is 0.684. The van der Waals surface area contributed by atoms with Crippen molar-refractivity contribution >= 4 is 10.9 Å². The third-order valence-corrected chi connectivity index (χ3v) is 2.89. The van der Waals surface area contributed by atoms with E-state index in [1.54, 1.807) is 19.5 Å². The fourth-order valence-corrected chi connectivity index (χ4v) is 1.94. The number of ether oxygens (including phenoxy) is 1. The van der Waals surface area contributed by atoms with Gasteiger partial charge in [-0.25, -0.2) is 0 Å². The monoisotopic (exact) mass is 236 g/mol. The Morgan fingerprint density at radius 3 is 2.83 bits per heavy atom. The molecule has 3 aromatic rings. The Balaban J connectivity index is 2.13. The molecule has 0 fully saturated rings. The fraction of sp³-hybridized carbons (Fsp3) is 0.0667. The first-order valence-electron chi connectivity index (χ1n) is 5.71. The molecule has 3 rings (SSSR count). The highest BCUT2D eigenvalue weighted by atomic mass is 16.5. The molecule has 0 saturated heterocycles. The van der Waals surface area contributed by atoms with Crippen LogP contribution in [-0.2, 0) is 0 Å². The van der Waals surface area contributed by atoms with E-state index in [1.165, 1.54) is 0 Å². The smallest absolute Gasteiger partial charge is 0.137 e. The summed E-state index contributed by atoms with van der Waals surface area (Å²) in [5.74, 6) is 0.763.